The molecule has 1 atom stereocenters. The first-order valence-corrected chi connectivity index (χ1v) is 5.41. The van der Waals surface area contributed by atoms with Gasteiger partial charge in [-0.2, -0.15) is 5.10 Å². The van der Waals surface area contributed by atoms with Gasteiger partial charge < -0.3 is 10.6 Å². The zero-order valence-corrected chi connectivity index (χ0v) is 9.32. The van der Waals surface area contributed by atoms with Crippen LogP contribution in [0.25, 0.3) is 0 Å². The van der Waals surface area contributed by atoms with Crippen molar-refractivity contribution >= 4 is 17.3 Å². The highest BCUT2D eigenvalue weighted by atomic mass is 16.2. The number of aromatic amines is 1. The van der Waals surface area contributed by atoms with Gasteiger partial charge >= 0.3 is 0 Å². The Morgan fingerprint density at radius 3 is 3.06 bits per heavy atom. The van der Waals surface area contributed by atoms with Gasteiger partial charge in [-0.25, -0.2) is 0 Å². The third kappa shape index (κ3) is 1.65. The molecule has 1 aromatic carbocycles. The molecule has 5 nitrogen and oxygen atoms in total. The molecule has 0 saturated carbocycles. The van der Waals surface area contributed by atoms with Gasteiger partial charge in [0, 0.05) is 17.4 Å². The second kappa shape index (κ2) is 3.62. The molecular weight excluding hydrogens is 216 g/mol. The molecule has 0 fully saturated rings. The van der Waals surface area contributed by atoms with E-state index in [1.807, 2.05) is 25.1 Å². The fourth-order valence-electron chi connectivity index (χ4n) is 2.02. The number of hydrogen-bond acceptors (Lipinski definition) is 3. The second-order valence-corrected chi connectivity index (χ2v) is 4.14. The third-order valence-electron chi connectivity index (χ3n) is 2.85. The Kier molecular flexibility index (Phi) is 2.11. The Labute approximate surface area is 98.2 Å². The molecule has 1 amide bonds. The largest absolute Gasteiger partial charge is 0.367 e. The van der Waals surface area contributed by atoms with E-state index >= 15 is 0 Å². The number of H-pyrrole nitrogens is 1. The molecule has 0 radical (unpaired) electrons. The van der Waals surface area contributed by atoms with E-state index in [1.165, 1.54) is 0 Å². The lowest BCUT2D eigenvalue weighted by atomic mass is 10.1. The van der Waals surface area contributed by atoms with Gasteiger partial charge in [-0.15, -0.1) is 0 Å². The zero-order chi connectivity index (χ0) is 11.8. The molecule has 5 heteroatoms. The minimum Gasteiger partial charge on any atom is -0.367 e. The number of nitrogens with one attached hydrogen (secondary N) is 3. The molecule has 0 bridgehead atoms. The van der Waals surface area contributed by atoms with E-state index in [9.17, 15) is 4.79 Å². The van der Waals surface area contributed by atoms with Crippen LogP contribution < -0.4 is 10.6 Å². The van der Waals surface area contributed by atoms with Crippen LogP contribution in [0.15, 0.2) is 30.6 Å². The smallest absolute Gasteiger partial charge is 0.251 e. The molecule has 1 aliphatic heterocycles. The SMILES string of the molecule is Cc1ccc2c(c1)C(Nc1cn[nH]c1)C(=O)N2. The van der Waals surface area contributed by atoms with Gasteiger partial charge in [-0.05, 0) is 13.0 Å². The van der Waals surface area contributed by atoms with Crippen molar-refractivity contribution < 1.29 is 4.79 Å². The highest BCUT2D eigenvalue weighted by Crippen LogP contribution is 2.33. The maximum absolute atomic E-state index is 11.9. The molecule has 17 heavy (non-hydrogen) atoms. The van der Waals surface area contributed by atoms with Crippen molar-refractivity contribution in [3.05, 3.63) is 41.7 Å². The van der Waals surface area contributed by atoms with Gasteiger partial charge in [-0.3, -0.25) is 9.89 Å². The summed E-state index contributed by atoms with van der Waals surface area (Å²) in [5.41, 5.74) is 3.80. The summed E-state index contributed by atoms with van der Waals surface area (Å²) in [6, 6.07) is 5.59. The van der Waals surface area contributed by atoms with Crippen molar-refractivity contribution in [3.8, 4) is 0 Å². The Morgan fingerprint density at radius 1 is 1.41 bits per heavy atom. The normalized spacial score (nSPS) is 17.7. The van der Waals surface area contributed by atoms with Gasteiger partial charge in [0.1, 0.15) is 6.04 Å². The van der Waals surface area contributed by atoms with Crippen molar-refractivity contribution in [3.63, 3.8) is 0 Å². The lowest BCUT2D eigenvalue weighted by molar-refractivity contribution is -0.116. The van der Waals surface area contributed by atoms with Crippen molar-refractivity contribution in [2.24, 2.45) is 0 Å². The quantitative estimate of drug-likeness (QED) is 0.734. The van der Waals surface area contributed by atoms with Crippen molar-refractivity contribution in [2.75, 3.05) is 10.6 Å². The number of aryl methyl sites for hydroxylation is 1. The van der Waals surface area contributed by atoms with E-state index in [-0.39, 0.29) is 11.9 Å². The van der Waals surface area contributed by atoms with Crippen molar-refractivity contribution in [1.82, 2.24) is 10.2 Å². The van der Waals surface area contributed by atoms with Crippen LogP contribution in [0.1, 0.15) is 17.2 Å². The molecule has 0 aliphatic carbocycles. The first kappa shape index (κ1) is 9.89. The third-order valence-corrected chi connectivity index (χ3v) is 2.85. The van der Waals surface area contributed by atoms with E-state index in [2.05, 4.69) is 20.8 Å². The Hall–Kier alpha value is -2.30. The van der Waals surface area contributed by atoms with Crippen LogP contribution in [-0.4, -0.2) is 16.1 Å². The number of hydrogen-bond donors (Lipinski definition) is 3. The Morgan fingerprint density at radius 2 is 2.29 bits per heavy atom. The van der Waals surface area contributed by atoms with E-state index in [0.29, 0.717) is 0 Å². The summed E-state index contributed by atoms with van der Waals surface area (Å²) in [4.78, 5) is 11.9. The number of carbonyl (C=O) groups excluding carboxylic acids is 1. The highest BCUT2D eigenvalue weighted by molar-refractivity contribution is 6.04. The van der Waals surface area contributed by atoms with Crippen molar-refractivity contribution in [1.29, 1.82) is 0 Å². The second-order valence-electron chi connectivity index (χ2n) is 4.14. The van der Waals surface area contributed by atoms with Crippen LogP contribution in [-0.2, 0) is 4.79 Å². The maximum Gasteiger partial charge on any atom is 0.251 e. The monoisotopic (exact) mass is 228 g/mol. The van der Waals surface area contributed by atoms with Crippen molar-refractivity contribution in [2.45, 2.75) is 13.0 Å². The standard InChI is InChI=1S/C12H12N4O/c1-7-2-3-10-9(4-7)11(12(17)16-10)15-8-5-13-14-6-8/h2-6,11,15H,1H3,(H,13,14)(H,16,17). The van der Waals surface area contributed by atoms with Crippen LogP contribution in [0, 0.1) is 6.92 Å². The molecular formula is C12H12N4O. The number of carbonyl (C=O) groups is 1. The summed E-state index contributed by atoms with van der Waals surface area (Å²) in [5, 5.41) is 12.6. The summed E-state index contributed by atoms with van der Waals surface area (Å²) in [7, 11) is 0. The van der Waals surface area contributed by atoms with E-state index < -0.39 is 0 Å². The van der Waals surface area contributed by atoms with Gasteiger partial charge in [0.2, 0.25) is 0 Å². The van der Waals surface area contributed by atoms with E-state index in [0.717, 1.165) is 22.5 Å². The van der Waals surface area contributed by atoms with Crippen LogP contribution in [0.5, 0.6) is 0 Å². The number of aromatic nitrogens is 2. The molecule has 3 N–H and O–H groups in total. The average molecular weight is 228 g/mol. The highest BCUT2D eigenvalue weighted by Gasteiger charge is 2.30. The molecule has 1 aliphatic rings. The van der Waals surface area contributed by atoms with Gasteiger partial charge in [0.05, 0.1) is 11.9 Å². The zero-order valence-electron chi connectivity index (χ0n) is 9.32. The van der Waals surface area contributed by atoms with Crippen LogP contribution in [0.2, 0.25) is 0 Å². The summed E-state index contributed by atoms with van der Waals surface area (Å²) < 4.78 is 0. The fourth-order valence-corrected chi connectivity index (χ4v) is 2.02. The summed E-state index contributed by atoms with van der Waals surface area (Å²) >= 11 is 0. The molecule has 0 saturated heterocycles. The Balaban J connectivity index is 1.96. The molecule has 1 aromatic heterocycles. The van der Waals surface area contributed by atoms with E-state index in [1.54, 1.807) is 12.4 Å². The molecule has 86 valence electrons. The molecule has 1 unspecified atom stereocenters. The number of nitrogens with zero attached hydrogens (tertiary/aromatic N) is 1. The predicted molar refractivity (Wildman–Crippen MR) is 64.8 cm³/mol. The number of benzene rings is 1. The fraction of sp³-hybridized carbons (Fsp3) is 0.167. The molecule has 2 aromatic rings. The lowest BCUT2D eigenvalue weighted by Crippen LogP contribution is -2.19. The van der Waals surface area contributed by atoms with Crippen LogP contribution >= 0.6 is 0 Å². The minimum absolute atomic E-state index is 0.0354. The number of rotatable bonds is 2. The summed E-state index contributed by atoms with van der Waals surface area (Å²) in [6.07, 6.45) is 3.38. The molecule has 0 spiro atoms. The van der Waals surface area contributed by atoms with E-state index in [4.69, 9.17) is 0 Å². The van der Waals surface area contributed by atoms with Gasteiger partial charge in [0.15, 0.2) is 0 Å². The maximum atomic E-state index is 11.9. The average Bonchev–Trinajstić information content (AvgIpc) is 2.90. The number of amides is 1. The number of anilines is 2. The topological polar surface area (TPSA) is 69.8 Å². The van der Waals surface area contributed by atoms with Crippen LogP contribution in [0.4, 0.5) is 11.4 Å². The van der Waals surface area contributed by atoms with Gasteiger partial charge in [0.25, 0.3) is 5.91 Å². The number of fused-ring (bicyclic) bond motifs is 1. The minimum atomic E-state index is -0.345. The molecule has 2 heterocycles. The summed E-state index contributed by atoms with van der Waals surface area (Å²) in [5.74, 6) is -0.0354. The van der Waals surface area contributed by atoms with Crippen LogP contribution in [0.3, 0.4) is 0 Å². The lowest BCUT2D eigenvalue weighted by Gasteiger charge is -2.11. The summed E-state index contributed by atoms with van der Waals surface area (Å²) in [6.45, 7) is 2.01. The van der Waals surface area contributed by atoms with Gasteiger partial charge in [-0.1, -0.05) is 17.7 Å². The first-order valence-electron chi connectivity index (χ1n) is 5.41. The predicted octanol–water partition coefficient (Wildman–Crippen LogP) is 1.82. The Bertz CT molecular complexity index is 562. The first-order chi connectivity index (χ1) is 8.24. The molecule has 3 rings (SSSR count).